The van der Waals surface area contributed by atoms with Crippen molar-refractivity contribution in [3.63, 3.8) is 0 Å². The molecule has 31 heavy (non-hydrogen) atoms. The molecule has 1 aliphatic rings. The number of rotatable bonds is 8. The minimum atomic E-state index is -0.152. The van der Waals surface area contributed by atoms with Gasteiger partial charge in [-0.1, -0.05) is 48.5 Å². The van der Waals surface area contributed by atoms with E-state index in [9.17, 15) is 9.59 Å². The lowest BCUT2D eigenvalue weighted by atomic mass is 9.99. The third kappa shape index (κ3) is 5.30. The Kier molecular flexibility index (Phi) is 6.33. The molecule has 0 aliphatic heterocycles. The summed E-state index contributed by atoms with van der Waals surface area (Å²) >= 11 is 0. The Morgan fingerprint density at radius 3 is 2.61 bits per heavy atom. The Hall–Kier alpha value is -3.18. The summed E-state index contributed by atoms with van der Waals surface area (Å²) in [5, 5.41) is 11.5. The van der Waals surface area contributed by atoms with Crippen molar-refractivity contribution in [1.29, 1.82) is 0 Å². The van der Waals surface area contributed by atoms with Crippen molar-refractivity contribution in [3.8, 4) is 0 Å². The first-order valence-corrected chi connectivity index (χ1v) is 10.9. The lowest BCUT2D eigenvalue weighted by Crippen LogP contribution is -2.30. The van der Waals surface area contributed by atoms with Crippen LogP contribution in [0.25, 0.3) is 10.8 Å². The van der Waals surface area contributed by atoms with Crippen LogP contribution >= 0.6 is 0 Å². The number of aryl methyl sites for hydroxylation is 1. The van der Waals surface area contributed by atoms with Crippen LogP contribution in [-0.4, -0.2) is 24.9 Å². The summed E-state index contributed by atoms with van der Waals surface area (Å²) < 4.78 is 0. The van der Waals surface area contributed by atoms with E-state index < -0.39 is 0 Å². The fourth-order valence-corrected chi connectivity index (χ4v) is 3.84. The molecule has 0 heterocycles. The molecule has 0 saturated heterocycles. The number of hydrogen-bond acceptors (Lipinski definition) is 3. The van der Waals surface area contributed by atoms with Gasteiger partial charge in [0, 0.05) is 11.3 Å². The molecule has 0 aromatic heterocycles. The number of amides is 2. The van der Waals surface area contributed by atoms with Gasteiger partial charge in [0.05, 0.1) is 12.6 Å². The van der Waals surface area contributed by atoms with E-state index in [1.165, 1.54) is 12.8 Å². The Bertz CT molecular complexity index is 1100. The van der Waals surface area contributed by atoms with Crippen molar-refractivity contribution in [1.82, 2.24) is 10.6 Å². The van der Waals surface area contributed by atoms with Gasteiger partial charge in [-0.2, -0.15) is 0 Å². The standard InChI is InChI=1S/C26H29N3O2/c1-17-10-13-21(29-25(30)16-27-15-19-11-12-19)14-24(17)26(31)28-18(2)22-9-5-7-20-6-3-4-8-23(20)22/h3-10,13-14,18-19,27H,11-12,15-16H2,1-2H3,(H,28,31)(H,29,30)/t18-/m1/s1. The van der Waals surface area contributed by atoms with Crippen molar-refractivity contribution < 1.29 is 9.59 Å². The van der Waals surface area contributed by atoms with Gasteiger partial charge in [-0.3, -0.25) is 9.59 Å². The monoisotopic (exact) mass is 415 g/mol. The van der Waals surface area contributed by atoms with Crippen LogP contribution in [0.5, 0.6) is 0 Å². The van der Waals surface area contributed by atoms with Gasteiger partial charge in [-0.25, -0.2) is 0 Å². The molecule has 160 valence electrons. The Morgan fingerprint density at radius 2 is 1.81 bits per heavy atom. The van der Waals surface area contributed by atoms with Gasteiger partial charge in [0.15, 0.2) is 0 Å². The molecule has 1 aliphatic carbocycles. The molecule has 3 N–H and O–H groups in total. The summed E-state index contributed by atoms with van der Waals surface area (Å²) in [6.07, 6.45) is 2.50. The minimum Gasteiger partial charge on any atom is -0.345 e. The van der Waals surface area contributed by atoms with Gasteiger partial charge in [0.2, 0.25) is 5.91 Å². The maximum Gasteiger partial charge on any atom is 0.252 e. The van der Waals surface area contributed by atoms with Gasteiger partial charge in [-0.05, 0) is 73.2 Å². The van der Waals surface area contributed by atoms with Gasteiger partial charge >= 0.3 is 0 Å². The number of carbonyl (C=O) groups excluding carboxylic acids is 2. The first-order valence-electron chi connectivity index (χ1n) is 10.9. The number of anilines is 1. The number of nitrogens with one attached hydrogen (secondary N) is 3. The lowest BCUT2D eigenvalue weighted by molar-refractivity contribution is -0.115. The summed E-state index contributed by atoms with van der Waals surface area (Å²) in [5.74, 6) is 0.479. The quantitative estimate of drug-likeness (QED) is 0.504. The van der Waals surface area contributed by atoms with E-state index in [0.717, 1.165) is 34.4 Å². The second kappa shape index (κ2) is 9.31. The van der Waals surface area contributed by atoms with E-state index in [1.54, 1.807) is 6.07 Å². The van der Waals surface area contributed by atoms with Crippen LogP contribution in [0.2, 0.25) is 0 Å². The molecule has 1 saturated carbocycles. The lowest BCUT2D eigenvalue weighted by Gasteiger charge is -2.18. The summed E-state index contributed by atoms with van der Waals surface area (Å²) in [7, 11) is 0. The Morgan fingerprint density at radius 1 is 1.03 bits per heavy atom. The van der Waals surface area contributed by atoms with Crippen LogP contribution in [0.15, 0.2) is 60.7 Å². The molecule has 3 aromatic carbocycles. The number of benzene rings is 3. The van der Waals surface area contributed by atoms with Crippen LogP contribution in [-0.2, 0) is 4.79 Å². The molecule has 4 rings (SSSR count). The highest BCUT2D eigenvalue weighted by atomic mass is 16.2. The van der Waals surface area contributed by atoms with E-state index in [0.29, 0.717) is 11.3 Å². The maximum absolute atomic E-state index is 13.0. The summed E-state index contributed by atoms with van der Waals surface area (Å²) in [6, 6.07) is 19.6. The van der Waals surface area contributed by atoms with Crippen LogP contribution in [0, 0.1) is 12.8 Å². The molecule has 1 fully saturated rings. The number of hydrogen-bond donors (Lipinski definition) is 3. The molecular formula is C26H29N3O2. The minimum absolute atomic E-state index is 0.0972. The normalized spacial score (nSPS) is 14.3. The van der Waals surface area contributed by atoms with Crippen molar-refractivity contribution >= 4 is 28.3 Å². The molecule has 5 heteroatoms. The molecule has 0 unspecified atom stereocenters. The highest BCUT2D eigenvalue weighted by molar-refractivity contribution is 5.99. The van der Waals surface area contributed by atoms with Crippen LogP contribution in [0.4, 0.5) is 5.69 Å². The maximum atomic E-state index is 13.0. The van der Waals surface area contributed by atoms with Crippen LogP contribution < -0.4 is 16.0 Å². The highest BCUT2D eigenvalue weighted by Gasteiger charge is 2.21. The van der Waals surface area contributed by atoms with Crippen LogP contribution in [0.1, 0.15) is 47.3 Å². The molecule has 0 radical (unpaired) electrons. The van der Waals surface area contributed by atoms with E-state index >= 15 is 0 Å². The fourth-order valence-electron chi connectivity index (χ4n) is 3.84. The zero-order valence-electron chi connectivity index (χ0n) is 18.1. The number of fused-ring (bicyclic) bond motifs is 1. The van der Waals surface area contributed by atoms with Gasteiger partial charge in [0.25, 0.3) is 5.91 Å². The second-order valence-electron chi connectivity index (χ2n) is 8.42. The van der Waals surface area contributed by atoms with E-state index in [4.69, 9.17) is 0 Å². The smallest absolute Gasteiger partial charge is 0.252 e. The predicted molar refractivity (Wildman–Crippen MR) is 125 cm³/mol. The van der Waals surface area contributed by atoms with E-state index in [2.05, 4.69) is 34.1 Å². The molecule has 0 bridgehead atoms. The van der Waals surface area contributed by atoms with Crippen molar-refractivity contribution in [2.45, 2.75) is 32.7 Å². The SMILES string of the molecule is Cc1ccc(NC(=O)CNCC2CC2)cc1C(=O)N[C@H](C)c1cccc2ccccc12. The Labute approximate surface area is 183 Å². The summed E-state index contributed by atoms with van der Waals surface area (Å²) in [6.45, 7) is 5.07. The van der Waals surface area contributed by atoms with Crippen molar-refractivity contribution in [3.05, 3.63) is 77.4 Å². The van der Waals surface area contributed by atoms with Crippen molar-refractivity contribution in [2.24, 2.45) is 5.92 Å². The first kappa shape index (κ1) is 21.1. The molecule has 1 atom stereocenters. The van der Waals surface area contributed by atoms with Crippen LogP contribution in [0.3, 0.4) is 0 Å². The van der Waals surface area contributed by atoms with E-state index in [1.807, 2.05) is 50.2 Å². The zero-order chi connectivity index (χ0) is 21.8. The molecule has 3 aromatic rings. The van der Waals surface area contributed by atoms with Gasteiger partial charge in [0.1, 0.15) is 0 Å². The van der Waals surface area contributed by atoms with E-state index in [-0.39, 0.29) is 24.4 Å². The highest BCUT2D eigenvalue weighted by Crippen LogP contribution is 2.27. The topological polar surface area (TPSA) is 70.2 Å². The third-order valence-electron chi connectivity index (χ3n) is 5.82. The van der Waals surface area contributed by atoms with Crippen molar-refractivity contribution in [2.75, 3.05) is 18.4 Å². The number of carbonyl (C=O) groups is 2. The molecular weight excluding hydrogens is 386 g/mol. The average Bonchev–Trinajstić information content (AvgIpc) is 3.59. The zero-order valence-corrected chi connectivity index (χ0v) is 18.1. The Balaban J connectivity index is 1.43. The third-order valence-corrected chi connectivity index (χ3v) is 5.82. The molecule has 0 spiro atoms. The largest absolute Gasteiger partial charge is 0.345 e. The summed E-state index contributed by atoms with van der Waals surface area (Å²) in [5.41, 5.74) is 3.14. The molecule has 2 amide bonds. The predicted octanol–water partition coefficient (Wildman–Crippen LogP) is 4.58. The second-order valence-corrected chi connectivity index (χ2v) is 8.42. The fraction of sp³-hybridized carbons (Fsp3) is 0.308. The average molecular weight is 416 g/mol. The summed E-state index contributed by atoms with van der Waals surface area (Å²) in [4.78, 5) is 25.2. The first-order chi connectivity index (χ1) is 15.0. The van der Waals surface area contributed by atoms with Gasteiger partial charge < -0.3 is 16.0 Å². The molecule has 5 nitrogen and oxygen atoms in total. The van der Waals surface area contributed by atoms with Gasteiger partial charge in [-0.15, -0.1) is 0 Å².